The van der Waals surface area contributed by atoms with Gasteiger partial charge in [-0.25, -0.2) is 4.39 Å². The number of carbonyl (C=O) groups is 1. The molecule has 0 aliphatic heterocycles. The molecule has 1 aromatic heterocycles. The van der Waals surface area contributed by atoms with E-state index >= 15 is 0 Å². The molecule has 0 fully saturated rings. The lowest BCUT2D eigenvalue weighted by molar-refractivity contribution is 0.0997. The highest BCUT2D eigenvalue weighted by Crippen LogP contribution is 2.23. The van der Waals surface area contributed by atoms with Crippen LogP contribution in [0.5, 0.6) is 0 Å². The zero-order valence-electron chi connectivity index (χ0n) is 13.1. The molecular formula is C17H13Cl2FN2O2S. The van der Waals surface area contributed by atoms with Crippen molar-refractivity contribution >= 4 is 50.7 Å². The number of benzene rings is 2. The van der Waals surface area contributed by atoms with Crippen molar-refractivity contribution in [3.05, 3.63) is 62.6 Å². The quantitative estimate of drug-likeness (QED) is 0.647. The molecule has 1 amide bonds. The first-order valence-corrected chi connectivity index (χ1v) is 8.89. The van der Waals surface area contributed by atoms with Crippen LogP contribution in [0.4, 0.5) is 4.39 Å². The molecule has 0 saturated heterocycles. The molecule has 3 aromatic rings. The number of methoxy groups -OCH3 is 1. The van der Waals surface area contributed by atoms with Gasteiger partial charge in [0, 0.05) is 18.7 Å². The van der Waals surface area contributed by atoms with E-state index in [0.29, 0.717) is 33.2 Å². The number of para-hydroxylation sites is 1. The van der Waals surface area contributed by atoms with E-state index < -0.39 is 5.91 Å². The highest BCUT2D eigenvalue weighted by atomic mass is 35.5. The van der Waals surface area contributed by atoms with Crippen LogP contribution in [-0.4, -0.2) is 24.2 Å². The lowest BCUT2D eigenvalue weighted by Gasteiger charge is -2.05. The molecule has 0 spiro atoms. The third-order valence-corrected chi connectivity index (χ3v) is 5.12. The maximum atomic E-state index is 14.2. The van der Waals surface area contributed by atoms with Gasteiger partial charge in [0.05, 0.1) is 27.4 Å². The van der Waals surface area contributed by atoms with Crippen LogP contribution < -0.4 is 4.80 Å². The number of nitrogens with zero attached hydrogens (tertiary/aromatic N) is 2. The minimum Gasteiger partial charge on any atom is -0.383 e. The number of rotatable bonds is 4. The number of halogens is 3. The lowest BCUT2D eigenvalue weighted by atomic mass is 10.2. The molecule has 0 bridgehead atoms. The smallest absolute Gasteiger partial charge is 0.281 e. The monoisotopic (exact) mass is 398 g/mol. The number of thiazole rings is 1. The van der Waals surface area contributed by atoms with Gasteiger partial charge < -0.3 is 9.30 Å². The highest BCUT2D eigenvalue weighted by Gasteiger charge is 2.14. The summed E-state index contributed by atoms with van der Waals surface area (Å²) in [4.78, 5) is 17.0. The normalized spacial score (nSPS) is 12.1. The molecule has 0 aliphatic carbocycles. The summed E-state index contributed by atoms with van der Waals surface area (Å²) in [5, 5.41) is 0.651. The average Bonchev–Trinajstić information content (AvgIpc) is 2.91. The van der Waals surface area contributed by atoms with Gasteiger partial charge in [0.1, 0.15) is 5.82 Å². The van der Waals surface area contributed by atoms with Gasteiger partial charge in [0.15, 0.2) is 4.80 Å². The molecule has 0 saturated carbocycles. The summed E-state index contributed by atoms with van der Waals surface area (Å²) in [6, 6.07) is 9.35. The molecule has 130 valence electrons. The number of carbonyl (C=O) groups excluding carboxylic acids is 1. The maximum Gasteiger partial charge on any atom is 0.281 e. The summed E-state index contributed by atoms with van der Waals surface area (Å²) < 4.78 is 21.7. The molecule has 0 N–H and O–H groups in total. The third kappa shape index (κ3) is 3.77. The standard InChI is InChI=1S/C17H13Cl2FN2O2S/c1-24-8-7-22-15-13(20)3-2-4-14(15)25-17(22)21-16(23)11-6-5-10(18)9-12(11)19/h2-6,9H,7-8H2,1H3. The van der Waals surface area contributed by atoms with E-state index in [4.69, 9.17) is 27.9 Å². The van der Waals surface area contributed by atoms with E-state index in [0.717, 1.165) is 0 Å². The van der Waals surface area contributed by atoms with E-state index in [1.807, 2.05) is 0 Å². The molecule has 0 atom stereocenters. The molecule has 25 heavy (non-hydrogen) atoms. The van der Waals surface area contributed by atoms with E-state index in [-0.39, 0.29) is 16.4 Å². The summed E-state index contributed by atoms with van der Waals surface area (Å²) in [6.45, 7) is 0.737. The largest absolute Gasteiger partial charge is 0.383 e. The van der Waals surface area contributed by atoms with E-state index in [1.165, 1.54) is 29.5 Å². The van der Waals surface area contributed by atoms with Crippen LogP contribution in [-0.2, 0) is 11.3 Å². The van der Waals surface area contributed by atoms with Gasteiger partial charge in [-0.3, -0.25) is 4.79 Å². The first-order chi connectivity index (χ1) is 12.0. The molecule has 0 unspecified atom stereocenters. The fraction of sp³-hybridized carbons (Fsp3) is 0.176. The lowest BCUT2D eigenvalue weighted by Crippen LogP contribution is -2.20. The Balaban J connectivity index is 2.14. The van der Waals surface area contributed by atoms with Crippen LogP contribution >= 0.6 is 34.5 Å². The van der Waals surface area contributed by atoms with E-state index in [9.17, 15) is 9.18 Å². The van der Waals surface area contributed by atoms with Crippen molar-refractivity contribution in [1.82, 2.24) is 4.57 Å². The summed E-state index contributed by atoms with van der Waals surface area (Å²) in [6.07, 6.45) is 0. The second kappa shape index (κ2) is 7.66. The maximum absolute atomic E-state index is 14.2. The van der Waals surface area contributed by atoms with Crippen molar-refractivity contribution in [3.63, 3.8) is 0 Å². The Labute approximate surface area is 157 Å². The first-order valence-electron chi connectivity index (χ1n) is 7.32. The van der Waals surface area contributed by atoms with Gasteiger partial charge >= 0.3 is 0 Å². The van der Waals surface area contributed by atoms with Crippen LogP contribution in [0, 0.1) is 5.82 Å². The number of aromatic nitrogens is 1. The number of amides is 1. The Bertz CT molecular complexity index is 1010. The van der Waals surface area contributed by atoms with Gasteiger partial charge in [-0.15, -0.1) is 0 Å². The van der Waals surface area contributed by atoms with Crippen molar-refractivity contribution in [2.24, 2.45) is 4.99 Å². The van der Waals surface area contributed by atoms with Gasteiger partial charge in [-0.05, 0) is 30.3 Å². The van der Waals surface area contributed by atoms with Crippen molar-refractivity contribution < 1.29 is 13.9 Å². The van der Waals surface area contributed by atoms with Gasteiger partial charge in [0.25, 0.3) is 5.91 Å². The van der Waals surface area contributed by atoms with Crippen molar-refractivity contribution in [1.29, 1.82) is 0 Å². The molecule has 4 nitrogen and oxygen atoms in total. The molecule has 1 heterocycles. The number of hydrogen-bond donors (Lipinski definition) is 0. The molecule has 2 aromatic carbocycles. The zero-order valence-corrected chi connectivity index (χ0v) is 15.5. The van der Waals surface area contributed by atoms with E-state index in [2.05, 4.69) is 4.99 Å². The van der Waals surface area contributed by atoms with Crippen LogP contribution in [0.15, 0.2) is 41.4 Å². The molecule has 8 heteroatoms. The van der Waals surface area contributed by atoms with Crippen LogP contribution in [0.1, 0.15) is 10.4 Å². The SMILES string of the molecule is COCCn1c(=NC(=O)c2ccc(Cl)cc2Cl)sc2cccc(F)c21. The predicted octanol–water partition coefficient (Wildman–Crippen LogP) is 4.54. The average molecular weight is 399 g/mol. The van der Waals surface area contributed by atoms with Crippen LogP contribution in [0.2, 0.25) is 10.0 Å². The molecule has 0 aliphatic rings. The van der Waals surface area contributed by atoms with Gasteiger partial charge in [-0.1, -0.05) is 40.6 Å². The predicted molar refractivity (Wildman–Crippen MR) is 98.0 cm³/mol. The second-order valence-corrected chi connectivity index (χ2v) is 7.01. The van der Waals surface area contributed by atoms with Crippen molar-refractivity contribution in [2.45, 2.75) is 6.54 Å². The highest BCUT2D eigenvalue weighted by molar-refractivity contribution is 7.16. The summed E-state index contributed by atoms with van der Waals surface area (Å²) in [5.74, 6) is -0.886. The van der Waals surface area contributed by atoms with E-state index in [1.54, 1.807) is 29.9 Å². The Morgan fingerprint density at radius 3 is 2.84 bits per heavy atom. The van der Waals surface area contributed by atoms with Crippen LogP contribution in [0.3, 0.4) is 0 Å². The molecule has 0 radical (unpaired) electrons. The van der Waals surface area contributed by atoms with Crippen molar-refractivity contribution in [2.75, 3.05) is 13.7 Å². The number of hydrogen-bond acceptors (Lipinski definition) is 3. The van der Waals surface area contributed by atoms with Gasteiger partial charge in [0.2, 0.25) is 0 Å². The number of ether oxygens (including phenoxy) is 1. The first kappa shape index (κ1) is 18.1. The Morgan fingerprint density at radius 2 is 2.12 bits per heavy atom. The topological polar surface area (TPSA) is 43.6 Å². The Kier molecular flexibility index (Phi) is 5.54. The fourth-order valence-electron chi connectivity index (χ4n) is 2.37. The summed E-state index contributed by atoms with van der Waals surface area (Å²) >= 11 is 13.2. The zero-order chi connectivity index (χ0) is 18.0. The molecular weight excluding hydrogens is 386 g/mol. The minimum absolute atomic E-state index is 0.219. The molecule has 3 rings (SSSR count). The summed E-state index contributed by atoms with van der Waals surface area (Å²) in [5.41, 5.74) is 0.639. The Hall–Kier alpha value is -1.73. The second-order valence-electron chi connectivity index (χ2n) is 5.16. The third-order valence-electron chi connectivity index (χ3n) is 3.53. The van der Waals surface area contributed by atoms with Gasteiger partial charge in [-0.2, -0.15) is 4.99 Å². The summed E-state index contributed by atoms with van der Waals surface area (Å²) in [7, 11) is 1.56. The Morgan fingerprint density at radius 1 is 1.32 bits per heavy atom. The fourth-order valence-corrected chi connectivity index (χ4v) is 3.93. The minimum atomic E-state index is -0.514. The number of fused-ring (bicyclic) bond motifs is 1. The van der Waals surface area contributed by atoms with Crippen LogP contribution in [0.25, 0.3) is 10.2 Å². The van der Waals surface area contributed by atoms with Crippen molar-refractivity contribution in [3.8, 4) is 0 Å².